The van der Waals surface area contributed by atoms with Crippen LogP contribution in [0.2, 0.25) is 0 Å². The molecule has 0 spiro atoms. The van der Waals surface area contributed by atoms with Crippen LogP contribution in [-0.4, -0.2) is 42.1 Å². The number of fused-ring (bicyclic) bond motifs is 1. The van der Waals surface area contributed by atoms with Gasteiger partial charge in [0.1, 0.15) is 11.8 Å². The van der Waals surface area contributed by atoms with Crippen LogP contribution in [0.1, 0.15) is 38.1 Å². The van der Waals surface area contributed by atoms with Crippen molar-refractivity contribution in [2.24, 2.45) is 0 Å². The molecule has 1 amide bonds. The van der Waals surface area contributed by atoms with Gasteiger partial charge in [-0.1, -0.05) is 24.3 Å². The molecular weight excluding hydrogens is 252 g/mol. The van der Waals surface area contributed by atoms with E-state index >= 15 is 0 Å². The Balaban J connectivity index is 2.29. The fraction of sp³-hybridized carbons (Fsp3) is 0.562. The molecule has 0 aliphatic carbocycles. The molecule has 20 heavy (non-hydrogen) atoms. The Morgan fingerprint density at radius 2 is 1.95 bits per heavy atom. The van der Waals surface area contributed by atoms with E-state index in [1.54, 1.807) is 0 Å². The maximum atomic E-state index is 12.4. The molecule has 1 aliphatic heterocycles. The first-order valence-corrected chi connectivity index (χ1v) is 7.03. The van der Waals surface area contributed by atoms with Gasteiger partial charge in [-0.25, -0.2) is 4.79 Å². The topological polar surface area (TPSA) is 32.8 Å². The van der Waals surface area contributed by atoms with Gasteiger partial charge in [0.15, 0.2) is 0 Å². The molecule has 4 heteroatoms. The molecule has 1 unspecified atom stereocenters. The summed E-state index contributed by atoms with van der Waals surface area (Å²) in [6.07, 6.45) is 0.570. The van der Waals surface area contributed by atoms with Gasteiger partial charge in [0.05, 0.1) is 0 Å². The highest BCUT2D eigenvalue weighted by Crippen LogP contribution is 2.32. The maximum Gasteiger partial charge on any atom is 0.411 e. The molecule has 0 N–H and O–H groups in total. The average molecular weight is 276 g/mol. The van der Waals surface area contributed by atoms with Crippen molar-refractivity contribution in [3.05, 3.63) is 35.4 Å². The van der Waals surface area contributed by atoms with E-state index in [0.717, 1.165) is 6.42 Å². The zero-order chi connectivity index (χ0) is 14.9. The number of ether oxygens (including phenoxy) is 1. The second-order valence-corrected chi connectivity index (χ2v) is 6.46. The third-order valence-electron chi connectivity index (χ3n) is 3.37. The first-order chi connectivity index (χ1) is 9.29. The largest absolute Gasteiger partial charge is 0.444 e. The Morgan fingerprint density at radius 3 is 2.55 bits per heavy atom. The number of carbonyl (C=O) groups excluding carboxylic acids is 1. The molecule has 0 radical (unpaired) electrons. The molecule has 1 aromatic carbocycles. The van der Waals surface area contributed by atoms with E-state index < -0.39 is 5.60 Å². The van der Waals surface area contributed by atoms with Crippen LogP contribution in [0.25, 0.3) is 0 Å². The molecule has 1 heterocycles. The van der Waals surface area contributed by atoms with E-state index in [-0.39, 0.29) is 12.3 Å². The molecular formula is C16H24N2O2. The highest BCUT2D eigenvalue weighted by Gasteiger charge is 2.34. The molecule has 4 nitrogen and oxygen atoms in total. The van der Waals surface area contributed by atoms with Crippen molar-refractivity contribution >= 4 is 6.09 Å². The smallest absolute Gasteiger partial charge is 0.411 e. The highest BCUT2D eigenvalue weighted by atomic mass is 16.6. The van der Waals surface area contributed by atoms with Gasteiger partial charge in [-0.05, 0) is 52.4 Å². The summed E-state index contributed by atoms with van der Waals surface area (Å²) >= 11 is 0. The number of rotatable bonds is 1. The molecule has 0 saturated heterocycles. The molecule has 0 fully saturated rings. The van der Waals surface area contributed by atoms with Crippen molar-refractivity contribution in [2.45, 2.75) is 39.0 Å². The van der Waals surface area contributed by atoms with Crippen molar-refractivity contribution in [2.75, 3.05) is 20.6 Å². The van der Waals surface area contributed by atoms with Crippen molar-refractivity contribution < 1.29 is 9.53 Å². The van der Waals surface area contributed by atoms with Gasteiger partial charge in [-0.2, -0.15) is 0 Å². The molecule has 1 atom stereocenters. The first-order valence-electron chi connectivity index (χ1n) is 7.03. The minimum atomic E-state index is -0.467. The predicted octanol–water partition coefficient (Wildman–Crippen LogP) is 3.04. The van der Waals surface area contributed by atoms with Gasteiger partial charge < -0.3 is 4.74 Å². The molecule has 1 aromatic rings. The monoisotopic (exact) mass is 276 g/mol. The van der Waals surface area contributed by atoms with Gasteiger partial charge in [-0.3, -0.25) is 9.80 Å². The van der Waals surface area contributed by atoms with Crippen molar-refractivity contribution in [3.63, 3.8) is 0 Å². The Morgan fingerprint density at radius 1 is 1.30 bits per heavy atom. The third-order valence-corrected chi connectivity index (χ3v) is 3.37. The Labute approximate surface area is 121 Å². The van der Waals surface area contributed by atoms with E-state index in [1.165, 1.54) is 11.1 Å². The molecule has 0 aromatic heterocycles. The van der Waals surface area contributed by atoms with Crippen LogP contribution in [0.4, 0.5) is 4.79 Å². The SMILES string of the molecule is CN(C)C1c2ccccc2CCN1C(=O)OC(C)(C)C. The number of benzene rings is 1. The zero-order valence-corrected chi connectivity index (χ0v) is 13.0. The number of amides is 1. The summed E-state index contributed by atoms with van der Waals surface area (Å²) < 4.78 is 5.53. The lowest BCUT2D eigenvalue weighted by Crippen LogP contribution is -2.47. The molecule has 0 bridgehead atoms. The van der Waals surface area contributed by atoms with Gasteiger partial charge >= 0.3 is 6.09 Å². The number of hydrogen-bond acceptors (Lipinski definition) is 3. The second kappa shape index (κ2) is 5.44. The number of nitrogens with zero attached hydrogens (tertiary/aromatic N) is 2. The van der Waals surface area contributed by atoms with E-state index in [2.05, 4.69) is 23.1 Å². The molecule has 110 valence electrons. The maximum absolute atomic E-state index is 12.4. The van der Waals surface area contributed by atoms with Crippen molar-refractivity contribution in [1.82, 2.24) is 9.80 Å². The molecule has 2 rings (SSSR count). The average Bonchev–Trinajstić information content (AvgIpc) is 2.35. The van der Waals surface area contributed by atoms with E-state index in [0.29, 0.717) is 6.54 Å². The van der Waals surface area contributed by atoms with Crippen molar-refractivity contribution in [1.29, 1.82) is 0 Å². The zero-order valence-electron chi connectivity index (χ0n) is 13.0. The Kier molecular flexibility index (Phi) is 4.04. The van der Waals surface area contributed by atoms with Crippen LogP contribution < -0.4 is 0 Å². The summed E-state index contributed by atoms with van der Waals surface area (Å²) in [7, 11) is 3.98. The first kappa shape index (κ1) is 14.9. The van der Waals surface area contributed by atoms with E-state index in [1.807, 2.05) is 45.8 Å². The van der Waals surface area contributed by atoms with Gasteiger partial charge in [0.2, 0.25) is 0 Å². The van der Waals surface area contributed by atoms with Crippen LogP contribution in [-0.2, 0) is 11.2 Å². The summed E-state index contributed by atoms with van der Waals surface area (Å²) in [6, 6.07) is 8.30. The van der Waals surface area contributed by atoms with Gasteiger partial charge in [0.25, 0.3) is 0 Å². The van der Waals surface area contributed by atoms with Crippen LogP contribution in [0, 0.1) is 0 Å². The lowest BCUT2D eigenvalue weighted by Gasteiger charge is -2.41. The van der Waals surface area contributed by atoms with Crippen molar-refractivity contribution in [3.8, 4) is 0 Å². The predicted molar refractivity (Wildman–Crippen MR) is 79.5 cm³/mol. The summed E-state index contributed by atoms with van der Waals surface area (Å²) in [5, 5.41) is 0. The fourth-order valence-corrected chi connectivity index (χ4v) is 2.61. The minimum absolute atomic E-state index is 0.0604. The van der Waals surface area contributed by atoms with Gasteiger partial charge in [-0.15, -0.1) is 0 Å². The normalized spacial score (nSPS) is 18.9. The third kappa shape index (κ3) is 3.12. The number of carbonyl (C=O) groups is 1. The summed E-state index contributed by atoms with van der Waals surface area (Å²) in [6.45, 7) is 6.38. The second-order valence-electron chi connectivity index (χ2n) is 6.46. The van der Waals surface area contributed by atoms with Crippen LogP contribution >= 0.6 is 0 Å². The molecule has 1 aliphatic rings. The Hall–Kier alpha value is -1.55. The fourth-order valence-electron chi connectivity index (χ4n) is 2.61. The van der Waals surface area contributed by atoms with Crippen LogP contribution in [0.3, 0.4) is 0 Å². The standard InChI is InChI=1S/C16H24N2O2/c1-16(2,3)20-15(19)18-11-10-12-8-6-7-9-13(12)14(18)17(4)5/h6-9,14H,10-11H2,1-5H3. The summed E-state index contributed by atoms with van der Waals surface area (Å²) in [5.41, 5.74) is 2.03. The quantitative estimate of drug-likeness (QED) is 0.790. The summed E-state index contributed by atoms with van der Waals surface area (Å²) in [4.78, 5) is 16.3. The van der Waals surface area contributed by atoms with Crippen LogP contribution in [0.15, 0.2) is 24.3 Å². The lowest BCUT2D eigenvalue weighted by molar-refractivity contribution is -0.00649. The molecule has 0 saturated carbocycles. The van der Waals surface area contributed by atoms with E-state index in [9.17, 15) is 4.79 Å². The number of hydrogen-bond donors (Lipinski definition) is 0. The van der Waals surface area contributed by atoms with Gasteiger partial charge in [0, 0.05) is 6.54 Å². The minimum Gasteiger partial charge on any atom is -0.444 e. The lowest BCUT2D eigenvalue weighted by atomic mass is 9.96. The van der Waals surface area contributed by atoms with E-state index in [4.69, 9.17) is 4.74 Å². The summed E-state index contributed by atoms with van der Waals surface area (Å²) in [5.74, 6) is 0. The van der Waals surface area contributed by atoms with Crippen LogP contribution in [0.5, 0.6) is 0 Å². The highest BCUT2D eigenvalue weighted by molar-refractivity contribution is 5.69. The Bertz CT molecular complexity index is 491.